The van der Waals surface area contributed by atoms with Gasteiger partial charge in [-0.1, -0.05) is 19.9 Å². The first-order chi connectivity index (χ1) is 11.6. The summed E-state index contributed by atoms with van der Waals surface area (Å²) < 4.78 is 2.08. The van der Waals surface area contributed by atoms with Gasteiger partial charge in [-0.2, -0.15) is 5.10 Å². The van der Waals surface area contributed by atoms with Crippen LogP contribution in [0.2, 0.25) is 0 Å². The van der Waals surface area contributed by atoms with Crippen molar-refractivity contribution >= 4 is 5.91 Å². The second-order valence-electron chi connectivity index (χ2n) is 6.87. The lowest BCUT2D eigenvalue weighted by Crippen LogP contribution is -2.28. The molecule has 0 aliphatic heterocycles. The molecule has 0 fully saturated rings. The van der Waals surface area contributed by atoms with Crippen molar-refractivity contribution < 1.29 is 4.79 Å². The van der Waals surface area contributed by atoms with E-state index in [2.05, 4.69) is 28.8 Å². The largest absolute Gasteiger partial charge is 0.354 e. The summed E-state index contributed by atoms with van der Waals surface area (Å²) in [6.07, 6.45) is 6.95. The molecular formula is C19H26N4O. The highest BCUT2D eigenvalue weighted by atomic mass is 16.1. The van der Waals surface area contributed by atoms with Crippen molar-refractivity contribution in [2.45, 2.75) is 52.5 Å². The van der Waals surface area contributed by atoms with Crippen molar-refractivity contribution in [3.05, 3.63) is 35.7 Å². The minimum Gasteiger partial charge on any atom is -0.354 e. The zero-order valence-electron chi connectivity index (χ0n) is 14.6. The smallest absolute Gasteiger partial charge is 0.220 e. The highest BCUT2D eigenvalue weighted by Gasteiger charge is 2.22. The molecule has 24 heavy (non-hydrogen) atoms. The Hall–Kier alpha value is -2.17. The van der Waals surface area contributed by atoms with Gasteiger partial charge in [-0.25, -0.2) is 0 Å². The average molecular weight is 326 g/mol. The molecule has 1 aliphatic carbocycles. The van der Waals surface area contributed by atoms with Gasteiger partial charge in [0.25, 0.3) is 0 Å². The van der Waals surface area contributed by atoms with E-state index in [9.17, 15) is 4.79 Å². The van der Waals surface area contributed by atoms with Crippen molar-refractivity contribution in [2.75, 3.05) is 6.54 Å². The Morgan fingerprint density at radius 3 is 2.88 bits per heavy atom. The van der Waals surface area contributed by atoms with Gasteiger partial charge >= 0.3 is 0 Å². The molecule has 2 aromatic rings. The van der Waals surface area contributed by atoms with Crippen molar-refractivity contribution in [1.29, 1.82) is 0 Å². The first kappa shape index (κ1) is 16.7. The molecule has 0 bridgehead atoms. The summed E-state index contributed by atoms with van der Waals surface area (Å²) in [6, 6.07) is 5.95. The van der Waals surface area contributed by atoms with Gasteiger partial charge in [0.1, 0.15) is 5.69 Å². The summed E-state index contributed by atoms with van der Waals surface area (Å²) in [5, 5.41) is 7.83. The molecule has 0 aromatic carbocycles. The lowest BCUT2D eigenvalue weighted by atomic mass is 9.95. The fraction of sp³-hybridized carbons (Fsp3) is 0.526. The molecule has 0 saturated carbocycles. The Kier molecular flexibility index (Phi) is 5.28. The van der Waals surface area contributed by atoms with Crippen LogP contribution in [0, 0.1) is 5.92 Å². The Bertz CT molecular complexity index is 691. The van der Waals surface area contributed by atoms with E-state index < -0.39 is 0 Å². The second-order valence-corrected chi connectivity index (χ2v) is 6.87. The van der Waals surface area contributed by atoms with Gasteiger partial charge in [0.2, 0.25) is 5.91 Å². The maximum atomic E-state index is 11.8. The second kappa shape index (κ2) is 7.60. The zero-order valence-corrected chi connectivity index (χ0v) is 14.6. The van der Waals surface area contributed by atoms with Gasteiger partial charge in [0.15, 0.2) is 0 Å². The van der Waals surface area contributed by atoms with Gasteiger partial charge in [-0.15, -0.1) is 0 Å². The number of pyridine rings is 1. The fourth-order valence-corrected chi connectivity index (χ4v) is 3.31. The van der Waals surface area contributed by atoms with Gasteiger partial charge in [-0.3, -0.25) is 14.5 Å². The normalized spacial score (nSPS) is 13.8. The molecule has 0 atom stereocenters. The quantitative estimate of drug-likeness (QED) is 0.888. The van der Waals surface area contributed by atoms with E-state index in [1.165, 1.54) is 24.1 Å². The summed E-state index contributed by atoms with van der Waals surface area (Å²) in [7, 11) is 0. The minimum absolute atomic E-state index is 0.121. The number of nitrogens with one attached hydrogen (secondary N) is 1. The number of hydrogen-bond acceptors (Lipinski definition) is 3. The van der Waals surface area contributed by atoms with Crippen molar-refractivity contribution in [1.82, 2.24) is 20.1 Å². The first-order valence-corrected chi connectivity index (χ1v) is 8.92. The lowest BCUT2D eigenvalue weighted by Gasteiger charge is -2.14. The average Bonchev–Trinajstić information content (AvgIpc) is 2.94. The third kappa shape index (κ3) is 3.83. The number of amides is 1. The highest BCUT2D eigenvalue weighted by molar-refractivity contribution is 5.76. The molecule has 0 unspecified atom stereocenters. The van der Waals surface area contributed by atoms with Crippen LogP contribution in [-0.4, -0.2) is 27.2 Å². The fourth-order valence-electron chi connectivity index (χ4n) is 3.31. The molecule has 0 radical (unpaired) electrons. The molecular weight excluding hydrogens is 300 g/mol. The topological polar surface area (TPSA) is 59.8 Å². The Morgan fingerprint density at radius 1 is 1.29 bits per heavy atom. The maximum absolute atomic E-state index is 11.8. The number of fused-ring (bicyclic) bond motifs is 1. The minimum atomic E-state index is 0.121. The Labute approximate surface area is 143 Å². The summed E-state index contributed by atoms with van der Waals surface area (Å²) in [5.41, 5.74) is 4.62. The number of nitrogens with zero attached hydrogens (tertiary/aromatic N) is 3. The predicted molar refractivity (Wildman–Crippen MR) is 94.6 cm³/mol. The summed E-state index contributed by atoms with van der Waals surface area (Å²) >= 11 is 0. The molecule has 1 aliphatic rings. The third-order valence-corrected chi connectivity index (χ3v) is 4.40. The van der Waals surface area contributed by atoms with Gasteiger partial charge in [0, 0.05) is 30.4 Å². The molecule has 128 valence electrons. The number of hydrogen-bond donors (Lipinski definition) is 1. The van der Waals surface area contributed by atoms with Crippen LogP contribution in [0.4, 0.5) is 0 Å². The van der Waals surface area contributed by atoms with E-state index in [1.807, 2.05) is 24.4 Å². The number of rotatable bonds is 6. The van der Waals surface area contributed by atoms with Crippen molar-refractivity contribution in [3.8, 4) is 11.4 Å². The van der Waals surface area contributed by atoms with E-state index in [1.54, 1.807) is 0 Å². The standard InChI is InChI=1S/C19H26N4O/c1-14(2)13-18(24)21-11-12-23-17-9-4-3-7-15(17)19(22-23)16-8-5-6-10-20-16/h5-6,8,10,14H,3-4,7,9,11-13H2,1-2H3,(H,21,24). The van der Waals surface area contributed by atoms with Crippen LogP contribution in [-0.2, 0) is 24.2 Å². The Balaban J connectivity index is 1.74. The summed E-state index contributed by atoms with van der Waals surface area (Å²) in [6.45, 7) is 5.46. The van der Waals surface area contributed by atoms with Gasteiger partial charge < -0.3 is 5.32 Å². The van der Waals surface area contributed by atoms with Crippen LogP contribution >= 0.6 is 0 Å². The van der Waals surface area contributed by atoms with Crippen molar-refractivity contribution in [3.63, 3.8) is 0 Å². The number of carbonyl (C=O) groups is 1. The third-order valence-electron chi connectivity index (χ3n) is 4.40. The number of carbonyl (C=O) groups excluding carboxylic acids is 1. The van der Waals surface area contributed by atoms with Crippen LogP contribution in [0.1, 0.15) is 44.4 Å². The van der Waals surface area contributed by atoms with E-state index >= 15 is 0 Å². The number of aromatic nitrogens is 3. The summed E-state index contributed by atoms with van der Waals surface area (Å²) in [4.78, 5) is 16.3. The van der Waals surface area contributed by atoms with E-state index in [4.69, 9.17) is 5.10 Å². The Morgan fingerprint density at radius 2 is 2.12 bits per heavy atom. The monoisotopic (exact) mass is 326 g/mol. The van der Waals surface area contributed by atoms with Crippen LogP contribution in [0.25, 0.3) is 11.4 Å². The van der Waals surface area contributed by atoms with E-state index in [0.717, 1.165) is 30.8 Å². The van der Waals surface area contributed by atoms with Crippen LogP contribution < -0.4 is 5.32 Å². The molecule has 2 heterocycles. The van der Waals surface area contributed by atoms with Crippen LogP contribution in [0.3, 0.4) is 0 Å². The predicted octanol–water partition coefficient (Wildman–Crippen LogP) is 2.99. The molecule has 5 heteroatoms. The van der Waals surface area contributed by atoms with E-state index in [0.29, 0.717) is 18.9 Å². The zero-order chi connectivity index (χ0) is 16.9. The molecule has 0 spiro atoms. The molecule has 3 rings (SSSR count). The molecule has 1 amide bonds. The SMILES string of the molecule is CC(C)CC(=O)NCCn1nc(-c2ccccn2)c2c1CCCC2. The molecule has 0 saturated heterocycles. The van der Waals surface area contributed by atoms with Crippen molar-refractivity contribution in [2.24, 2.45) is 5.92 Å². The summed E-state index contributed by atoms with van der Waals surface area (Å²) in [5.74, 6) is 0.509. The first-order valence-electron chi connectivity index (χ1n) is 8.92. The highest BCUT2D eigenvalue weighted by Crippen LogP contribution is 2.30. The molecule has 1 N–H and O–H groups in total. The molecule has 2 aromatic heterocycles. The van der Waals surface area contributed by atoms with E-state index in [-0.39, 0.29) is 5.91 Å². The lowest BCUT2D eigenvalue weighted by molar-refractivity contribution is -0.121. The van der Waals surface area contributed by atoms with Crippen LogP contribution in [0.15, 0.2) is 24.4 Å². The van der Waals surface area contributed by atoms with Gasteiger partial charge in [-0.05, 0) is 43.7 Å². The molecule has 5 nitrogen and oxygen atoms in total. The van der Waals surface area contributed by atoms with Gasteiger partial charge in [0.05, 0.1) is 12.2 Å². The maximum Gasteiger partial charge on any atom is 0.220 e. The van der Waals surface area contributed by atoms with Crippen LogP contribution in [0.5, 0.6) is 0 Å².